The summed E-state index contributed by atoms with van der Waals surface area (Å²) in [6, 6.07) is 2.09. The maximum atomic E-state index is 10.7. The topological polar surface area (TPSA) is 100 Å². The van der Waals surface area contributed by atoms with E-state index in [2.05, 4.69) is 0 Å². The van der Waals surface area contributed by atoms with Gasteiger partial charge in [0.2, 0.25) is 0 Å². The minimum absolute atomic E-state index is 0. The molecule has 0 spiro atoms. The summed E-state index contributed by atoms with van der Waals surface area (Å²) in [5.74, 6) is 0. The minimum atomic E-state index is -4.80. The molecule has 1 aromatic rings. The van der Waals surface area contributed by atoms with E-state index in [0.29, 0.717) is 0 Å². The Kier molecular flexibility index (Phi) is 5.37. The Bertz CT molecular complexity index is 530. The predicted octanol–water partition coefficient (Wildman–Crippen LogP) is -1.54. The van der Waals surface area contributed by atoms with E-state index in [1.54, 1.807) is 0 Å². The van der Waals surface area contributed by atoms with Gasteiger partial charge in [0, 0.05) is 6.07 Å². The molecule has 0 aliphatic rings. The van der Waals surface area contributed by atoms with E-state index in [4.69, 9.17) is 11.6 Å². The van der Waals surface area contributed by atoms with Gasteiger partial charge in [-0.2, -0.15) is 0 Å². The van der Waals surface area contributed by atoms with Crippen LogP contribution >= 0.6 is 11.6 Å². The zero-order valence-electron chi connectivity index (χ0n) is 8.43. The molecule has 82 valence electrons. The zero-order valence-corrected chi connectivity index (χ0v) is 12.0. The van der Waals surface area contributed by atoms with Crippen LogP contribution in [0.4, 0.5) is 5.69 Å². The number of aryl methyl sites for hydroxylation is 1. The van der Waals surface area contributed by atoms with Crippen molar-refractivity contribution in [3.05, 3.63) is 32.8 Å². The van der Waals surface area contributed by atoms with Crippen LogP contribution in [0.2, 0.25) is 5.02 Å². The molecule has 0 unspecified atom stereocenters. The number of nitrogens with zero attached hydrogens (tertiary/aromatic N) is 1. The van der Waals surface area contributed by atoms with Crippen molar-refractivity contribution < 1.29 is 47.5 Å². The van der Waals surface area contributed by atoms with Gasteiger partial charge in [-0.1, -0.05) is 11.6 Å². The number of nitro groups is 1. The number of rotatable bonds is 2. The molecule has 0 aliphatic carbocycles. The van der Waals surface area contributed by atoms with Crippen molar-refractivity contribution in [3.8, 4) is 0 Å². The molecule has 16 heavy (non-hydrogen) atoms. The minimum Gasteiger partial charge on any atom is -0.744 e. The van der Waals surface area contributed by atoms with Gasteiger partial charge in [0.25, 0.3) is 5.69 Å². The maximum Gasteiger partial charge on any atom is 1.00 e. The fourth-order valence-corrected chi connectivity index (χ4v) is 2.15. The maximum absolute atomic E-state index is 10.7. The molecule has 0 saturated carbocycles. The molecule has 0 radical (unpaired) electrons. The van der Waals surface area contributed by atoms with Gasteiger partial charge >= 0.3 is 29.6 Å². The van der Waals surface area contributed by atoms with Crippen molar-refractivity contribution in [1.82, 2.24) is 0 Å². The van der Waals surface area contributed by atoms with Gasteiger partial charge < -0.3 is 4.55 Å². The summed E-state index contributed by atoms with van der Waals surface area (Å²) in [5, 5.41) is 9.83. The smallest absolute Gasteiger partial charge is 0.744 e. The van der Waals surface area contributed by atoms with Crippen LogP contribution in [0.5, 0.6) is 0 Å². The molecule has 6 nitrogen and oxygen atoms in total. The number of hydrogen-bond donors (Lipinski definition) is 0. The summed E-state index contributed by atoms with van der Waals surface area (Å²) >= 11 is 5.44. The third-order valence-electron chi connectivity index (χ3n) is 1.63. The van der Waals surface area contributed by atoms with Gasteiger partial charge in [-0.3, -0.25) is 10.1 Å². The third kappa shape index (κ3) is 3.41. The molecule has 0 saturated heterocycles. The fraction of sp³-hybridized carbons (Fsp3) is 0.143. The van der Waals surface area contributed by atoms with Crippen molar-refractivity contribution in [2.75, 3.05) is 0 Å². The van der Waals surface area contributed by atoms with Gasteiger partial charge in [-0.05, 0) is 18.6 Å². The second kappa shape index (κ2) is 5.44. The van der Waals surface area contributed by atoms with Crippen molar-refractivity contribution in [3.63, 3.8) is 0 Å². The SMILES string of the molecule is Cc1cc([N+](=O)[O-])c(Cl)c(S(=O)(=O)[O-])c1.[Na+]. The molecule has 0 heterocycles. The van der Waals surface area contributed by atoms with Crippen molar-refractivity contribution in [1.29, 1.82) is 0 Å². The Morgan fingerprint density at radius 1 is 1.38 bits per heavy atom. The van der Waals surface area contributed by atoms with Crippen molar-refractivity contribution >= 4 is 27.4 Å². The molecular weight excluding hydrogens is 269 g/mol. The van der Waals surface area contributed by atoms with Gasteiger partial charge in [-0.25, -0.2) is 8.42 Å². The van der Waals surface area contributed by atoms with E-state index in [1.165, 1.54) is 6.92 Å². The summed E-state index contributed by atoms with van der Waals surface area (Å²) in [5.41, 5.74) is -0.313. The molecule has 1 rings (SSSR count). The Labute approximate surface area is 119 Å². The van der Waals surface area contributed by atoms with Gasteiger partial charge in [0.15, 0.2) is 0 Å². The van der Waals surface area contributed by atoms with E-state index in [1.807, 2.05) is 0 Å². The first-order chi connectivity index (χ1) is 6.73. The predicted molar refractivity (Wildman–Crippen MR) is 50.8 cm³/mol. The first-order valence-corrected chi connectivity index (χ1v) is 5.42. The average Bonchev–Trinajstić information content (AvgIpc) is 2.06. The summed E-state index contributed by atoms with van der Waals surface area (Å²) in [6.45, 7) is 1.43. The number of nitro benzene ring substituents is 1. The molecule has 1 aromatic carbocycles. The van der Waals surface area contributed by atoms with Gasteiger partial charge in [0.05, 0.1) is 9.82 Å². The second-order valence-electron chi connectivity index (χ2n) is 2.81. The summed E-state index contributed by atoms with van der Waals surface area (Å²) in [6.07, 6.45) is 0. The van der Waals surface area contributed by atoms with Gasteiger partial charge in [-0.15, -0.1) is 0 Å². The molecule has 0 N–H and O–H groups in total. The summed E-state index contributed by atoms with van der Waals surface area (Å²) < 4.78 is 32.2. The van der Waals surface area contributed by atoms with Crippen LogP contribution in [0.3, 0.4) is 0 Å². The van der Waals surface area contributed by atoms with Crippen LogP contribution in [-0.4, -0.2) is 17.9 Å². The van der Waals surface area contributed by atoms with E-state index in [0.717, 1.165) is 12.1 Å². The number of halogens is 1. The fourth-order valence-electron chi connectivity index (χ4n) is 1.03. The van der Waals surface area contributed by atoms with Crippen molar-refractivity contribution in [2.24, 2.45) is 0 Å². The molecule has 0 atom stereocenters. The number of benzene rings is 1. The van der Waals surface area contributed by atoms with Crippen molar-refractivity contribution in [2.45, 2.75) is 11.8 Å². The Balaban J connectivity index is 0.00000225. The van der Waals surface area contributed by atoms with Crippen LogP contribution in [0.1, 0.15) is 5.56 Å². The average molecular weight is 274 g/mol. The molecule has 0 fully saturated rings. The molecule has 0 aromatic heterocycles. The molecule has 0 bridgehead atoms. The monoisotopic (exact) mass is 273 g/mol. The van der Waals surface area contributed by atoms with Crippen LogP contribution < -0.4 is 29.6 Å². The molecule has 9 heteroatoms. The standard InChI is InChI=1S/C7H6ClNO5S.Na/c1-4-2-5(9(10)11)7(8)6(3-4)15(12,13)14;/h2-3H,1H3,(H,12,13,14);/q;+1/p-1. The Morgan fingerprint density at radius 2 is 1.88 bits per heavy atom. The van der Waals surface area contributed by atoms with E-state index >= 15 is 0 Å². The Morgan fingerprint density at radius 3 is 2.25 bits per heavy atom. The number of hydrogen-bond acceptors (Lipinski definition) is 5. The first kappa shape index (κ1) is 15.8. The van der Waals surface area contributed by atoms with E-state index < -0.39 is 30.6 Å². The largest absolute Gasteiger partial charge is 1.00 e. The molecule has 0 aliphatic heterocycles. The van der Waals surface area contributed by atoms with Crippen LogP contribution in [-0.2, 0) is 10.1 Å². The normalized spacial score (nSPS) is 10.7. The van der Waals surface area contributed by atoms with Crippen LogP contribution in [0.15, 0.2) is 17.0 Å². The van der Waals surface area contributed by atoms with E-state index in [-0.39, 0.29) is 35.1 Å². The molecular formula is C7H5ClNNaO5S. The van der Waals surface area contributed by atoms with E-state index in [9.17, 15) is 23.1 Å². The quantitative estimate of drug-likeness (QED) is 0.281. The Hall–Kier alpha value is -0.180. The third-order valence-corrected chi connectivity index (χ3v) is 3.00. The molecule has 0 amide bonds. The van der Waals surface area contributed by atoms with Crippen LogP contribution in [0.25, 0.3) is 0 Å². The summed E-state index contributed by atoms with van der Waals surface area (Å²) in [4.78, 5) is 8.87. The zero-order chi connectivity index (χ0) is 11.8. The summed E-state index contributed by atoms with van der Waals surface area (Å²) in [7, 11) is -4.80. The van der Waals surface area contributed by atoms with Gasteiger partial charge in [0.1, 0.15) is 15.1 Å². The second-order valence-corrected chi connectivity index (χ2v) is 4.53. The first-order valence-electron chi connectivity index (χ1n) is 3.64. The van der Waals surface area contributed by atoms with Crippen LogP contribution in [0, 0.1) is 17.0 Å².